The van der Waals surface area contributed by atoms with Gasteiger partial charge in [-0.25, -0.2) is 4.39 Å². The second-order valence-corrected chi connectivity index (χ2v) is 6.70. The summed E-state index contributed by atoms with van der Waals surface area (Å²) in [7, 11) is 0. The first-order chi connectivity index (χ1) is 12.4. The molecule has 0 spiro atoms. The summed E-state index contributed by atoms with van der Waals surface area (Å²) in [6.45, 7) is 5.45. The molecule has 0 bridgehead atoms. The molecule has 6 nitrogen and oxygen atoms in total. The molecule has 0 unspecified atom stereocenters. The van der Waals surface area contributed by atoms with Crippen LogP contribution < -0.4 is 10.6 Å². The van der Waals surface area contributed by atoms with Crippen LogP contribution in [0.25, 0.3) is 0 Å². The molecule has 0 radical (unpaired) electrons. The Kier molecular flexibility index (Phi) is 5.37. The minimum absolute atomic E-state index is 0.0929. The number of halogens is 1. The lowest BCUT2D eigenvalue weighted by atomic mass is 10.1. The lowest BCUT2D eigenvalue weighted by molar-refractivity contribution is -0.384. The van der Waals surface area contributed by atoms with E-state index in [1.807, 2.05) is 11.0 Å². The van der Waals surface area contributed by atoms with E-state index in [1.165, 1.54) is 6.07 Å². The summed E-state index contributed by atoms with van der Waals surface area (Å²) in [5.74, 6) is -0.232. The van der Waals surface area contributed by atoms with Gasteiger partial charge in [0.25, 0.3) is 5.69 Å². The molecule has 138 valence electrons. The number of hydrogen-bond acceptors (Lipinski definition) is 5. The molecule has 2 aromatic carbocycles. The van der Waals surface area contributed by atoms with Crippen LogP contribution in [0.5, 0.6) is 0 Å². The molecule has 0 saturated carbocycles. The monoisotopic (exact) mass is 358 g/mol. The topological polar surface area (TPSA) is 75.6 Å². The molecule has 2 N–H and O–H groups in total. The normalized spacial score (nSPS) is 15.7. The van der Waals surface area contributed by atoms with Crippen LogP contribution >= 0.6 is 0 Å². The largest absolute Gasteiger partial charge is 0.398 e. The van der Waals surface area contributed by atoms with E-state index in [9.17, 15) is 14.5 Å². The van der Waals surface area contributed by atoms with E-state index >= 15 is 0 Å². The Balaban J connectivity index is 1.75. The minimum Gasteiger partial charge on any atom is -0.398 e. The van der Waals surface area contributed by atoms with Crippen molar-refractivity contribution in [2.24, 2.45) is 0 Å². The molecule has 1 aliphatic rings. The fourth-order valence-corrected chi connectivity index (χ4v) is 3.36. The third-order valence-corrected chi connectivity index (χ3v) is 4.78. The third kappa shape index (κ3) is 4.11. The van der Waals surface area contributed by atoms with Crippen molar-refractivity contribution in [2.45, 2.75) is 19.9 Å². The van der Waals surface area contributed by atoms with Gasteiger partial charge in [-0.15, -0.1) is 0 Å². The zero-order chi connectivity index (χ0) is 18.7. The molecule has 26 heavy (non-hydrogen) atoms. The number of rotatable bonds is 4. The van der Waals surface area contributed by atoms with E-state index in [1.54, 1.807) is 31.2 Å². The van der Waals surface area contributed by atoms with Gasteiger partial charge in [0.05, 0.1) is 4.92 Å². The molecule has 1 heterocycles. The second kappa shape index (κ2) is 7.70. The van der Waals surface area contributed by atoms with Gasteiger partial charge in [-0.2, -0.15) is 0 Å². The molecule has 0 aromatic heterocycles. The summed E-state index contributed by atoms with van der Waals surface area (Å²) >= 11 is 0. The van der Waals surface area contributed by atoms with Crippen molar-refractivity contribution in [3.05, 3.63) is 63.5 Å². The molecular weight excluding hydrogens is 335 g/mol. The molecule has 0 aliphatic carbocycles. The molecule has 1 fully saturated rings. The van der Waals surface area contributed by atoms with Crippen LogP contribution in [0.15, 0.2) is 36.4 Å². The predicted molar refractivity (Wildman–Crippen MR) is 101 cm³/mol. The van der Waals surface area contributed by atoms with Gasteiger partial charge in [-0.1, -0.05) is 12.1 Å². The summed E-state index contributed by atoms with van der Waals surface area (Å²) < 4.78 is 13.4. The maximum Gasteiger partial charge on any atom is 0.292 e. The number of nitrogen functional groups attached to an aromatic ring is 1. The van der Waals surface area contributed by atoms with Gasteiger partial charge in [0.2, 0.25) is 0 Å². The third-order valence-electron chi connectivity index (χ3n) is 4.78. The van der Waals surface area contributed by atoms with Crippen LogP contribution in [-0.2, 0) is 6.54 Å². The van der Waals surface area contributed by atoms with Crippen LogP contribution in [0.2, 0.25) is 0 Å². The average Bonchev–Trinajstić information content (AvgIpc) is 2.82. The highest BCUT2D eigenvalue weighted by molar-refractivity contribution is 5.71. The molecule has 1 aliphatic heterocycles. The molecular formula is C19H23FN4O2. The Morgan fingerprint density at radius 1 is 1.19 bits per heavy atom. The number of hydrogen-bond donors (Lipinski definition) is 1. The quantitative estimate of drug-likeness (QED) is 0.515. The van der Waals surface area contributed by atoms with Gasteiger partial charge in [0.1, 0.15) is 11.5 Å². The van der Waals surface area contributed by atoms with E-state index in [2.05, 4.69) is 4.90 Å². The molecule has 0 amide bonds. The lowest BCUT2D eigenvalue weighted by Crippen LogP contribution is -2.31. The number of aryl methyl sites for hydroxylation is 1. The van der Waals surface area contributed by atoms with E-state index in [0.717, 1.165) is 31.6 Å². The Labute approximate surface area is 152 Å². The van der Waals surface area contributed by atoms with Crippen molar-refractivity contribution in [3.8, 4) is 0 Å². The van der Waals surface area contributed by atoms with E-state index in [0.29, 0.717) is 30.0 Å². The Hall–Kier alpha value is -2.67. The summed E-state index contributed by atoms with van der Waals surface area (Å²) in [4.78, 5) is 15.4. The molecule has 2 aromatic rings. The smallest absolute Gasteiger partial charge is 0.292 e. The van der Waals surface area contributed by atoms with Gasteiger partial charge in [0, 0.05) is 44.5 Å². The molecule has 0 atom stereocenters. The van der Waals surface area contributed by atoms with Gasteiger partial charge in [0.15, 0.2) is 0 Å². The van der Waals surface area contributed by atoms with Crippen LogP contribution in [0.3, 0.4) is 0 Å². The fourth-order valence-electron chi connectivity index (χ4n) is 3.36. The van der Waals surface area contributed by atoms with Gasteiger partial charge >= 0.3 is 0 Å². The summed E-state index contributed by atoms with van der Waals surface area (Å²) in [5, 5.41) is 11.4. The van der Waals surface area contributed by atoms with Crippen LogP contribution in [0.1, 0.15) is 17.5 Å². The zero-order valence-corrected chi connectivity index (χ0v) is 14.8. The summed E-state index contributed by atoms with van der Waals surface area (Å²) in [6, 6.07) is 9.86. The first-order valence-corrected chi connectivity index (χ1v) is 8.70. The number of nitro groups is 1. The Morgan fingerprint density at radius 2 is 2.00 bits per heavy atom. The number of nitrogens with two attached hydrogens (primary N) is 1. The second-order valence-electron chi connectivity index (χ2n) is 6.70. The van der Waals surface area contributed by atoms with Crippen molar-refractivity contribution in [2.75, 3.05) is 36.8 Å². The van der Waals surface area contributed by atoms with Crippen molar-refractivity contribution < 1.29 is 9.31 Å². The predicted octanol–water partition coefficient (Wildman–Crippen LogP) is 3.34. The number of nitrogens with zero attached hydrogens (tertiary/aromatic N) is 3. The van der Waals surface area contributed by atoms with Gasteiger partial charge < -0.3 is 10.6 Å². The first-order valence-electron chi connectivity index (χ1n) is 8.70. The van der Waals surface area contributed by atoms with Gasteiger partial charge in [-0.3, -0.25) is 15.0 Å². The highest BCUT2D eigenvalue weighted by Gasteiger charge is 2.23. The average molecular weight is 358 g/mol. The molecule has 3 rings (SSSR count). The standard InChI is InChI=1S/C19H23FN4O2/c1-14-10-19(24(25)26)18(12-17(14)21)23-7-3-6-22(8-9-23)13-15-4-2-5-16(20)11-15/h2,4-5,10-12H,3,6-9,13,21H2,1H3. The number of nitro benzene ring substituents is 1. The van der Waals surface area contributed by atoms with E-state index in [4.69, 9.17) is 5.73 Å². The minimum atomic E-state index is -0.350. The fraction of sp³-hybridized carbons (Fsp3) is 0.368. The van der Waals surface area contributed by atoms with Crippen molar-refractivity contribution in [1.82, 2.24) is 4.90 Å². The molecule has 7 heteroatoms. The van der Waals surface area contributed by atoms with Crippen molar-refractivity contribution in [3.63, 3.8) is 0 Å². The number of anilines is 2. The van der Waals surface area contributed by atoms with Crippen LogP contribution in [0.4, 0.5) is 21.5 Å². The van der Waals surface area contributed by atoms with Crippen LogP contribution in [0, 0.1) is 22.9 Å². The highest BCUT2D eigenvalue weighted by Crippen LogP contribution is 2.33. The maximum absolute atomic E-state index is 13.4. The van der Waals surface area contributed by atoms with Crippen molar-refractivity contribution >= 4 is 17.1 Å². The van der Waals surface area contributed by atoms with E-state index in [-0.39, 0.29) is 16.4 Å². The summed E-state index contributed by atoms with van der Waals surface area (Å²) in [5.41, 5.74) is 8.86. The SMILES string of the molecule is Cc1cc([N+](=O)[O-])c(N2CCCN(Cc3cccc(F)c3)CC2)cc1N. The lowest BCUT2D eigenvalue weighted by Gasteiger charge is -2.24. The summed E-state index contributed by atoms with van der Waals surface area (Å²) in [6.07, 6.45) is 0.875. The first kappa shape index (κ1) is 18.1. The maximum atomic E-state index is 13.4. The Morgan fingerprint density at radius 3 is 2.73 bits per heavy atom. The Bertz CT molecular complexity index is 812. The van der Waals surface area contributed by atoms with Gasteiger partial charge in [-0.05, 0) is 42.7 Å². The highest BCUT2D eigenvalue weighted by atomic mass is 19.1. The number of benzene rings is 2. The van der Waals surface area contributed by atoms with Crippen molar-refractivity contribution in [1.29, 1.82) is 0 Å². The molecule has 1 saturated heterocycles. The zero-order valence-electron chi connectivity index (χ0n) is 14.8. The van der Waals surface area contributed by atoms with E-state index < -0.39 is 0 Å². The van der Waals surface area contributed by atoms with Crippen LogP contribution in [-0.4, -0.2) is 36.0 Å².